The molecule has 0 heterocycles. The second-order valence-electron chi connectivity index (χ2n) is 7.35. The van der Waals surface area contributed by atoms with Crippen LogP contribution in [-0.4, -0.2) is 17.2 Å². The van der Waals surface area contributed by atoms with Crippen molar-refractivity contribution >= 4 is 29.5 Å². The van der Waals surface area contributed by atoms with Gasteiger partial charge in [-0.15, -0.1) is 23.5 Å². The fraction of sp³-hybridized carbons (Fsp3) is 0.296. The van der Waals surface area contributed by atoms with E-state index in [0.29, 0.717) is 17.6 Å². The van der Waals surface area contributed by atoms with Gasteiger partial charge in [0.25, 0.3) is 0 Å². The molecule has 3 aromatic carbocycles. The van der Waals surface area contributed by atoms with Gasteiger partial charge in [-0.1, -0.05) is 73.2 Å². The van der Waals surface area contributed by atoms with Crippen LogP contribution in [0.1, 0.15) is 37.7 Å². The molecule has 2 nitrogen and oxygen atoms in total. The van der Waals surface area contributed by atoms with E-state index < -0.39 is 0 Å². The van der Waals surface area contributed by atoms with Crippen molar-refractivity contribution in [2.24, 2.45) is 0 Å². The number of hydrogen-bond acceptors (Lipinski definition) is 4. The van der Waals surface area contributed by atoms with E-state index in [0.717, 1.165) is 32.1 Å². The molecule has 3 aromatic rings. The van der Waals surface area contributed by atoms with E-state index in [1.54, 1.807) is 0 Å². The normalized spacial score (nSPS) is 10.9. The molecule has 162 valence electrons. The lowest BCUT2D eigenvalue weighted by Crippen LogP contribution is -2.07. The van der Waals surface area contributed by atoms with Crippen LogP contribution in [0.15, 0.2) is 101 Å². The molecule has 0 atom stereocenters. The highest BCUT2D eigenvalue weighted by Crippen LogP contribution is 2.38. The van der Waals surface area contributed by atoms with Crippen LogP contribution in [-0.2, 0) is 16.0 Å². The van der Waals surface area contributed by atoms with E-state index in [2.05, 4.69) is 60.7 Å². The summed E-state index contributed by atoms with van der Waals surface area (Å²) in [6.45, 7) is 0.524. The maximum Gasteiger partial charge on any atom is 0.306 e. The van der Waals surface area contributed by atoms with Gasteiger partial charge in [-0.25, -0.2) is 0 Å². The van der Waals surface area contributed by atoms with Crippen molar-refractivity contribution in [1.29, 1.82) is 0 Å². The molecule has 0 amide bonds. The second kappa shape index (κ2) is 14.0. The highest BCUT2D eigenvalue weighted by atomic mass is 32.2. The quantitative estimate of drug-likeness (QED) is 0.116. The Hall–Kier alpha value is -2.17. The first-order valence-corrected chi connectivity index (χ1v) is 12.7. The summed E-state index contributed by atoms with van der Waals surface area (Å²) >= 11 is 3.87. The number of rotatable bonds is 13. The Balaban J connectivity index is 1.34. The first-order valence-electron chi connectivity index (χ1n) is 10.9. The first-order chi connectivity index (χ1) is 15.3. The molecule has 31 heavy (non-hydrogen) atoms. The van der Waals surface area contributed by atoms with Gasteiger partial charge in [-0.3, -0.25) is 4.79 Å². The van der Waals surface area contributed by atoms with E-state index in [1.807, 2.05) is 53.9 Å². The molecule has 0 saturated heterocycles. The molecular weight excluding hydrogens is 420 g/mol. The van der Waals surface area contributed by atoms with Crippen molar-refractivity contribution in [3.05, 3.63) is 96.6 Å². The third-order valence-electron chi connectivity index (χ3n) is 4.83. The minimum atomic E-state index is -0.0963. The molecule has 0 spiro atoms. The Morgan fingerprint density at radius 2 is 1.26 bits per heavy atom. The SMILES string of the molecule is O=C(CCc1ccccc1)OCCCCCC(Sc1ccccc1)Sc1ccccc1. The summed E-state index contributed by atoms with van der Waals surface area (Å²) in [7, 11) is 0. The molecule has 0 unspecified atom stereocenters. The van der Waals surface area contributed by atoms with Crippen LogP contribution < -0.4 is 0 Å². The topological polar surface area (TPSA) is 26.3 Å². The van der Waals surface area contributed by atoms with Gasteiger partial charge in [0.15, 0.2) is 0 Å². The van der Waals surface area contributed by atoms with Crippen molar-refractivity contribution in [3.8, 4) is 0 Å². The van der Waals surface area contributed by atoms with Crippen LogP contribution in [0.3, 0.4) is 0 Å². The highest BCUT2D eigenvalue weighted by molar-refractivity contribution is 8.17. The van der Waals surface area contributed by atoms with E-state index >= 15 is 0 Å². The van der Waals surface area contributed by atoms with E-state index in [-0.39, 0.29) is 5.97 Å². The lowest BCUT2D eigenvalue weighted by molar-refractivity contribution is -0.143. The average molecular weight is 451 g/mol. The van der Waals surface area contributed by atoms with E-state index in [1.165, 1.54) is 15.4 Å². The highest BCUT2D eigenvalue weighted by Gasteiger charge is 2.12. The molecule has 0 aromatic heterocycles. The first kappa shape index (κ1) is 23.5. The molecule has 0 radical (unpaired) electrons. The number of unbranched alkanes of at least 4 members (excludes halogenated alkanes) is 2. The lowest BCUT2D eigenvalue weighted by atomic mass is 10.1. The summed E-state index contributed by atoms with van der Waals surface area (Å²) in [5.41, 5.74) is 1.18. The molecule has 0 aliphatic carbocycles. The van der Waals surface area contributed by atoms with E-state index in [9.17, 15) is 4.79 Å². The van der Waals surface area contributed by atoms with Gasteiger partial charge < -0.3 is 4.74 Å². The van der Waals surface area contributed by atoms with Gasteiger partial charge >= 0.3 is 5.97 Å². The fourth-order valence-corrected chi connectivity index (χ4v) is 5.85. The maximum atomic E-state index is 11.9. The minimum Gasteiger partial charge on any atom is -0.466 e. The number of aryl methyl sites for hydroxylation is 1. The number of esters is 1. The number of hydrogen-bond donors (Lipinski definition) is 0. The van der Waals surface area contributed by atoms with Crippen LogP contribution in [0.2, 0.25) is 0 Å². The Morgan fingerprint density at radius 1 is 0.710 bits per heavy atom. The Bertz CT molecular complexity index is 828. The smallest absolute Gasteiger partial charge is 0.306 e. The Kier molecular flexibility index (Phi) is 10.6. The van der Waals surface area contributed by atoms with Gasteiger partial charge in [0.1, 0.15) is 0 Å². The molecule has 3 rings (SSSR count). The van der Waals surface area contributed by atoms with Crippen LogP contribution in [0.25, 0.3) is 0 Å². The van der Waals surface area contributed by atoms with Crippen molar-refractivity contribution in [1.82, 2.24) is 0 Å². The summed E-state index contributed by atoms with van der Waals surface area (Å²) in [6.07, 6.45) is 5.46. The zero-order chi connectivity index (χ0) is 21.6. The third-order valence-corrected chi connectivity index (χ3v) is 7.49. The molecular formula is C27H30O2S2. The summed E-state index contributed by atoms with van der Waals surface area (Å²) in [5.74, 6) is -0.0963. The van der Waals surface area contributed by atoms with Crippen LogP contribution >= 0.6 is 23.5 Å². The van der Waals surface area contributed by atoms with Gasteiger partial charge in [-0.05, 0) is 55.5 Å². The van der Waals surface area contributed by atoms with Crippen molar-refractivity contribution < 1.29 is 9.53 Å². The van der Waals surface area contributed by atoms with Gasteiger partial charge in [0.05, 0.1) is 11.2 Å². The largest absolute Gasteiger partial charge is 0.466 e. The van der Waals surface area contributed by atoms with Gasteiger partial charge in [-0.2, -0.15) is 0 Å². The molecule has 4 heteroatoms. The standard InChI is InChI=1S/C27H30O2S2/c28-26(21-20-23-13-5-1-6-14-23)29-22-12-4-11-19-27(30-24-15-7-2-8-16-24)31-25-17-9-3-10-18-25/h1-3,5-10,13-18,27H,4,11-12,19-22H2. The number of benzene rings is 3. The molecule has 0 bridgehead atoms. The molecule has 0 aliphatic heterocycles. The summed E-state index contributed by atoms with van der Waals surface area (Å²) < 4.78 is 5.88. The average Bonchev–Trinajstić information content (AvgIpc) is 2.82. The summed E-state index contributed by atoms with van der Waals surface area (Å²) in [6, 6.07) is 31.3. The fourth-order valence-electron chi connectivity index (χ4n) is 3.18. The number of thioether (sulfide) groups is 2. The maximum absolute atomic E-state index is 11.9. The summed E-state index contributed by atoms with van der Waals surface area (Å²) in [5, 5.41) is 0. The monoisotopic (exact) mass is 450 g/mol. The van der Waals surface area contributed by atoms with Crippen molar-refractivity contribution in [2.75, 3.05) is 6.61 Å². The zero-order valence-corrected chi connectivity index (χ0v) is 19.5. The van der Waals surface area contributed by atoms with Crippen molar-refractivity contribution in [3.63, 3.8) is 0 Å². The van der Waals surface area contributed by atoms with Crippen LogP contribution in [0.5, 0.6) is 0 Å². The summed E-state index contributed by atoms with van der Waals surface area (Å²) in [4.78, 5) is 14.6. The Morgan fingerprint density at radius 3 is 1.84 bits per heavy atom. The molecule has 0 saturated carbocycles. The van der Waals surface area contributed by atoms with Gasteiger partial charge in [0.2, 0.25) is 0 Å². The van der Waals surface area contributed by atoms with Crippen LogP contribution in [0, 0.1) is 0 Å². The molecule has 0 aliphatic rings. The predicted molar refractivity (Wildman–Crippen MR) is 133 cm³/mol. The third kappa shape index (κ3) is 9.67. The second-order valence-corrected chi connectivity index (χ2v) is 10.2. The number of carbonyl (C=O) groups excluding carboxylic acids is 1. The predicted octanol–water partition coefficient (Wildman–Crippen LogP) is 7.63. The van der Waals surface area contributed by atoms with Gasteiger partial charge in [0, 0.05) is 16.2 Å². The van der Waals surface area contributed by atoms with E-state index in [4.69, 9.17) is 4.74 Å². The van der Waals surface area contributed by atoms with Crippen LogP contribution in [0.4, 0.5) is 0 Å². The lowest BCUT2D eigenvalue weighted by Gasteiger charge is -2.16. The molecule has 0 fully saturated rings. The van der Waals surface area contributed by atoms with Crippen molar-refractivity contribution in [2.45, 2.75) is 52.9 Å². The Labute approximate surface area is 194 Å². The zero-order valence-electron chi connectivity index (χ0n) is 17.8. The minimum absolute atomic E-state index is 0.0963. The molecule has 0 N–H and O–H groups in total. The number of ether oxygens (including phenoxy) is 1. The number of carbonyl (C=O) groups is 1.